The summed E-state index contributed by atoms with van der Waals surface area (Å²) in [5.74, 6) is -0.434. The van der Waals surface area contributed by atoms with Crippen LogP contribution in [-0.2, 0) is 6.54 Å². The number of para-hydroxylation sites is 1. The first-order valence-electron chi connectivity index (χ1n) is 5.20. The average Bonchev–Trinajstić information content (AvgIpc) is 2.33. The summed E-state index contributed by atoms with van der Waals surface area (Å²) in [4.78, 5) is 0. The van der Waals surface area contributed by atoms with Crippen molar-refractivity contribution in [3.05, 3.63) is 62.8 Å². The highest BCUT2D eigenvalue weighted by atomic mass is 35.5. The summed E-state index contributed by atoms with van der Waals surface area (Å²) < 4.78 is 13.0. The van der Waals surface area contributed by atoms with Crippen LogP contribution in [0.3, 0.4) is 0 Å². The molecular formula is C13H9Cl3FN. The van der Waals surface area contributed by atoms with E-state index in [1.807, 2.05) is 0 Å². The molecule has 0 heterocycles. The van der Waals surface area contributed by atoms with Crippen LogP contribution >= 0.6 is 34.8 Å². The number of halogens is 4. The normalized spacial score (nSPS) is 10.4. The second kappa shape index (κ2) is 5.79. The Kier molecular flexibility index (Phi) is 4.33. The van der Waals surface area contributed by atoms with Crippen LogP contribution in [0.15, 0.2) is 36.4 Å². The Morgan fingerprint density at radius 1 is 0.944 bits per heavy atom. The van der Waals surface area contributed by atoms with Gasteiger partial charge >= 0.3 is 0 Å². The zero-order chi connectivity index (χ0) is 13.1. The third-order valence-electron chi connectivity index (χ3n) is 2.42. The van der Waals surface area contributed by atoms with Crippen molar-refractivity contribution in [2.45, 2.75) is 6.54 Å². The Balaban J connectivity index is 2.14. The molecule has 0 saturated heterocycles. The lowest BCUT2D eigenvalue weighted by Gasteiger charge is -2.10. The average molecular weight is 305 g/mol. The van der Waals surface area contributed by atoms with Crippen molar-refractivity contribution in [2.75, 3.05) is 5.32 Å². The summed E-state index contributed by atoms with van der Waals surface area (Å²) in [5, 5.41) is 4.27. The molecule has 1 nitrogen and oxygen atoms in total. The summed E-state index contributed by atoms with van der Waals surface area (Å²) in [5.41, 5.74) is 1.50. The number of hydrogen-bond acceptors (Lipinski definition) is 1. The first-order chi connectivity index (χ1) is 8.58. The molecule has 2 rings (SSSR count). The molecule has 0 atom stereocenters. The molecule has 0 fully saturated rings. The Morgan fingerprint density at radius 2 is 1.61 bits per heavy atom. The van der Waals surface area contributed by atoms with Gasteiger partial charge in [0, 0.05) is 6.54 Å². The molecule has 2 aromatic carbocycles. The summed E-state index contributed by atoms with van der Waals surface area (Å²) in [6.45, 7) is 0.462. The van der Waals surface area contributed by atoms with Gasteiger partial charge in [0.05, 0.1) is 20.8 Å². The molecule has 5 heteroatoms. The van der Waals surface area contributed by atoms with E-state index in [0.29, 0.717) is 22.3 Å². The summed E-state index contributed by atoms with van der Waals surface area (Å²) in [6.07, 6.45) is 0. The lowest BCUT2D eigenvalue weighted by molar-refractivity contribution is 0.627. The zero-order valence-electron chi connectivity index (χ0n) is 9.18. The van der Waals surface area contributed by atoms with Gasteiger partial charge in [0.2, 0.25) is 0 Å². The molecular weight excluding hydrogens is 296 g/mol. The summed E-state index contributed by atoms with van der Waals surface area (Å²) in [7, 11) is 0. The van der Waals surface area contributed by atoms with Crippen LogP contribution in [0.5, 0.6) is 0 Å². The Hall–Kier alpha value is -0.960. The van der Waals surface area contributed by atoms with Gasteiger partial charge in [-0.05, 0) is 29.8 Å². The molecule has 94 valence electrons. The maximum absolute atomic E-state index is 13.0. The van der Waals surface area contributed by atoms with Crippen LogP contribution in [0, 0.1) is 5.82 Å². The van der Waals surface area contributed by atoms with Gasteiger partial charge in [-0.3, -0.25) is 0 Å². The lowest BCUT2D eigenvalue weighted by atomic mass is 10.2. The molecule has 0 aliphatic carbocycles. The zero-order valence-corrected chi connectivity index (χ0v) is 11.5. The second-order valence-corrected chi connectivity index (χ2v) is 4.92. The minimum absolute atomic E-state index is 0.0968. The quantitative estimate of drug-likeness (QED) is 0.800. The molecule has 2 aromatic rings. The fourth-order valence-electron chi connectivity index (χ4n) is 1.51. The van der Waals surface area contributed by atoms with Crippen molar-refractivity contribution in [2.24, 2.45) is 0 Å². The number of nitrogens with one attached hydrogen (secondary N) is 1. The number of benzene rings is 2. The predicted octanol–water partition coefficient (Wildman–Crippen LogP) is 5.40. The van der Waals surface area contributed by atoms with Crippen LogP contribution < -0.4 is 5.32 Å². The van der Waals surface area contributed by atoms with Crippen molar-refractivity contribution in [1.82, 2.24) is 0 Å². The Morgan fingerprint density at radius 3 is 2.22 bits per heavy atom. The van der Waals surface area contributed by atoms with E-state index in [0.717, 1.165) is 5.56 Å². The molecule has 0 aliphatic heterocycles. The fourth-order valence-corrected chi connectivity index (χ4v) is 2.24. The first kappa shape index (κ1) is 13.5. The molecule has 0 amide bonds. The van der Waals surface area contributed by atoms with E-state index in [4.69, 9.17) is 34.8 Å². The molecule has 1 N–H and O–H groups in total. The maximum atomic E-state index is 13.0. The topological polar surface area (TPSA) is 12.0 Å². The summed E-state index contributed by atoms with van der Waals surface area (Å²) >= 11 is 17.7. The minimum atomic E-state index is -0.434. The largest absolute Gasteiger partial charge is 0.379 e. The van der Waals surface area contributed by atoms with Gasteiger partial charge in [0.25, 0.3) is 0 Å². The van der Waals surface area contributed by atoms with Gasteiger partial charge in [-0.2, -0.15) is 0 Å². The highest BCUT2D eigenvalue weighted by Crippen LogP contribution is 2.30. The van der Waals surface area contributed by atoms with Crippen LogP contribution in [0.25, 0.3) is 0 Å². The van der Waals surface area contributed by atoms with Crippen LogP contribution in [0.4, 0.5) is 10.1 Å². The number of rotatable bonds is 3. The Labute approximate surface area is 119 Å². The van der Waals surface area contributed by atoms with Crippen molar-refractivity contribution in [3.8, 4) is 0 Å². The smallest absolute Gasteiger partial charge is 0.141 e. The van der Waals surface area contributed by atoms with Crippen LogP contribution in [0.1, 0.15) is 5.56 Å². The van der Waals surface area contributed by atoms with Crippen LogP contribution in [-0.4, -0.2) is 0 Å². The van der Waals surface area contributed by atoms with E-state index >= 15 is 0 Å². The van der Waals surface area contributed by atoms with Gasteiger partial charge in [-0.1, -0.05) is 46.9 Å². The molecule has 0 saturated carbocycles. The molecule has 0 radical (unpaired) electrons. The third-order valence-corrected chi connectivity index (χ3v) is 3.34. The highest BCUT2D eigenvalue weighted by Gasteiger charge is 2.05. The van der Waals surface area contributed by atoms with Crippen molar-refractivity contribution >= 4 is 40.5 Å². The van der Waals surface area contributed by atoms with Gasteiger partial charge in [0.1, 0.15) is 5.82 Å². The SMILES string of the molecule is Fc1ccc(CNc2c(Cl)cccc2Cl)cc1Cl. The van der Waals surface area contributed by atoms with E-state index in [1.54, 1.807) is 30.3 Å². The molecule has 0 spiro atoms. The van der Waals surface area contributed by atoms with E-state index in [-0.39, 0.29) is 5.02 Å². The molecule has 0 aliphatic rings. The standard InChI is InChI=1S/C13H9Cl3FN/c14-9-2-1-3-10(15)13(9)18-7-8-4-5-12(17)11(16)6-8/h1-6,18H,7H2. The van der Waals surface area contributed by atoms with Crippen molar-refractivity contribution in [1.29, 1.82) is 0 Å². The van der Waals surface area contributed by atoms with E-state index in [2.05, 4.69) is 5.32 Å². The monoisotopic (exact) mass is 303 g/mol. The van der Waals surface area contributed by atoms with Gasteiger partial charge < -0.3 is 5.32 Å². The summed E-state index contributed by atoms with van der Waals surface area (Å²) in [6, 6.07) is 9.80. The van der Waals surface area contributed by atoms with Gasteiger partial charge in [-0.25, -0.2) is 4.39 Å². The van der Waals surface area contributed by atoms with Crippen LogP contribution in [0.2, 0.25) is 15.1 Å². The lowest BCUT2D eigenvalue weighted by Crippen LogP contribution is -2.00. The maximum Gasteiger partial charge on any atom is 0.141 e. The molecule has 0 bridgehead atoms. The molecule has 18 heavy (non-hydrogen) atoms. The van der Waals surface area contributed by atoms with Crippen molar-refractivity contribution < 1.29 is 4.39 Å². The third kappa shape index (κ3) is 3.08. The van der Waals surface area contributed by atoms with Crippen molar-refractivity contribution in [3.63, 3.8) is 0 Å². The van der Waals surface area contributed by atoms with E-state index in [9.17, 15) is 4.39 Å². The molecule has 0 unspecified atom stereocenters. The highest BCUT2D eigenvalue weighted by molar-refractivity contribution is 6.39. The molecule has 0 aromatic heterocycles. The van der Waals surface area contributed by atoms with E-state index < -0.39 is 5.82 Å². The first-order valence-corrected chi connectivity index (χ1v) is 6.33. The minimum Gasteiger partial charge on any atom is -0.379 e. The van der Waals surface area contributed by atoms with Gasteiger partial charge in [0.15, 0.2) is 0 Å². The fraction of sp³-hybridized carbons (Fsp3) is 0.0769. The second-order valence-electron chi connectivity index (χ2n) is 3.70. The van der Waals surface area contributed by atoms with Gasteiger partial charge in [-0.15, -0.1) is 0 Å². The number of hydrogen-bond donors (Lipinski definition) is 1. The van der Waals surface area contributed by atoms with E-state index in [1.165, 1.54) is 6.07 Å². The Bertz CT molecular complexity index is 552. The number of anilines is 1. The predicted molar refractivity (Wildman–Crippen MR) is 75.2 cm³/mol.